The Morgan fingerprint density at radius 2 is 2.24 bits per heavy atom. The number of amides is 1. The van der Waals surface area contributed by atoms with Gasteiger partial charge in [0.15, 0.2) is 0 Å². The summed E-state index contributed by atoms with van der Waals surface area (Å²) in [5.41, 5.74) is 2.89. The zero-order valence-electron chi connectivity index (χ0n) is 15.2. The second kappa shape index (κ2) is 8.06. The third kappa shape index (κ3) is 4.86. The summed E-state index contributed by atoms with van der Waals surface area (Å²) in [6.45, 7) is 5.15. The lowest BCUT2D eigenvalue weighted by Crippen LogP contribution is -2.35. The molecule has 3 heterocycles. The van der Waals surface area contributed by atoms with Gasteiger partial charge in [-0.15, -0.1) is 0 Å². The zero-order valence-corrected chi connectivity index (χ0v) is 16.1. The van der Waals surface area contributed by atoms with Gasteiger partial charge in [0, 0.05) is 32.9 Å². The first-order valence-electron chi connectivity index (χ1n) is 8.81. The number of thiophene rings is 1. The van der Waals surface area contributed by atoms with Crippen molar-refractivity contribution in [3.8, 4) is 0 Å². The smallest absolute Gasteiger partial charge is 0.272 e. The average molecular weight is 359 g/mol. The van der Waals surface area contributed by atoms with Crippen LogP contribution in [0.1, 0.15) is 40.4 Å². The maximum Gasteiger partial charge on any atom is 0.272 e. The highest BCUT2D eigenvalue weighted by Crippen LogP contribution is 2.22. The molecule has 134 valence electrons. The lowest BCUT2D eigenvalue weighted by atomic mass is 9.93. The topological polar surface area (TPSA) is 49.3 Å². The van der Waals surface area contributed by atoms with Crippen LogP contribution in [0.25, 0.3) is 0 Å². The van der Waals surface area contributed by atoms with Crippen LogP contribution >= 0.6 is 11.3 Å². The largest absolute Gasteiger partial charge is 0.343 e. The van der Waals surface area contributed by atoms with Gasteiger partial charge >= 0.3 is 0 Å². The van der Waals surface area contributed by atoms with Crippen molar-refractivity contribution in [3.63, 3.8) is 0 Å². The quantitative estimate of drug-likeness (QED) is 0.824. The molecule has 0 radical (unpaired) electrons. The van der Waals surface area contributed by atoms with Crippen LogP contribution in [0.5, 0.6) is 0 Å². The van der Waals surface area contributed by atoms with E-state index in [1.54, 1.807) is 30.3 Å². The van der Waals surface area contributed by atoms with E-state index in [0.717, 1.165) is 25.2 Å². The number of likely N-dealkylation sites (tertiary alicyclic amines) is 1. The number of rotatable bonds is 5. The molecule has 2 aromatic heterocycles. The van der Waals surface area contributed by atoms with E-state index in [1.165, 1.54) is 24.9 Å². The maximum absolute atomic E-state index is 12.2. The number of carbonyl (C=O) groups is 1. The molecule has 1 saturated heterocycles. The van der Waals surface area contributed by atoms with E-state index >= 15 is 0 Å². The number of carbonyl (C=O) groups excluding carboxylic acids is 1. The fourth-order valence-corrected chi connectivity index (χ4v) is 4.13. The number of aryl methyl sites for hydroxylation is 1. The zero-order chi connectivity index (χ0) is 17.8. The standard InChI is InChI=1S/C19H26N4OS/c1-14-20-17(10-18(21-14)19(24)22(2)3)9-15-5-4-7-23(11-15)12-16-6-8-25-13-16/h6,8,10,13,15H,4-5,7,9,11-12H2,1-3H3. The lowest BCUT2D eigenvalue weighted by Gasteiger charge is -2.32. The van der Waals surface area contributed by atoms with E-state index in [0.29, 0.717) is 17.4 Å². The molecule has 25 heavy (non-hydrogen) atoms. The van der Waals surface area contributed by atoms with Crippen LogP contribution in [0.2, 0.25) is 0 Å². The first kappa shape index (κ1) is 18.0. The Morgan fingerprint density at radius 1 is 1.40 bits per heavy atom. The molecule has 0 spiro atoms. The van der Waals surface area contributed by atoms with Crippen molar-refractivity contribution < 1.29 is 4.79 Å². The minimum absolute atomic E-state index is 0.0607. The fraction of sp³-hybridized carbons (Fsp3) is 0.526. The normalized spacial score (nSPS) is 18.3. The van der Waals surface area contributed by atoms with Crippen molar-refractivity contribution in [2.24, 2.45) is 5.92 Å². The summed E-state index contributed by atoms with van der Waals surface area (Å²) >= 11 is 1.76. The molecule has 5 nitrogen and oxygen atoms in total. The van der Waals surface area contributed by atoms with E-state index in [-0.39, 0.29) is 5.91 Å². The molecule has 1 unspecified atom stereocenters. The summed E-state index contributed by atoms with van der Waals surface area (Å²) in [6.07, 6.45) is 3.36. The van der Waals surface area contributed by atoms with E-state index in [9.17, 15) is 4.79 Å². The molecule has 0 aliphatic carbocycles. The maximum atomic E-state index is 12.2. The molecule has 0 N–H and O–H groups in total. The fourth-order valence-electron chi connectivity index (χ4n) is 3.47. The first-order valence-corrected chi connectivity index (χ1v) is 9.75. The Kier molecular flexibility index (Phi) is 5.81. The van der Waals surface area contributed by atoms with Gasteiger partial charge in [-0.05, 0) is 67.1 Å². The van der Waals surface area contributed by atoms with E-state index in [1.807, 2.05) is 13.0 Å². The van der Waals surface area contributed by atoms with Crippen LogP contribution in [-0.4, -0.2) is 52.9 Å². The van der Waals surface area contributed by atoms with Crippen molar-refractivity contribution in [1.29, 1.82) is 0 Å². The van der Waals surface area contributed by atoms with Crippen LogP contribution < -0.4 is 0 Å². The number of aromatic nitrogens is 2. The molecule has 0 aromatic carbocycles. The average Bonchev–Trinajstić information content (AvgIpc) is 3.06. The third-order valence-corrected chi connectivity index (χ3v) is 5.34. The molecule has 6 heteroatoms. The van der Waals surface area contributed by atoms with Gasteiger partial charge in [0.2, 0.25) is 0 Å². The van der Waals surface area contributed by atoms with Gasteiger partial charge in [-0.1, -0.05) is 0 Å². The summed E-state index contributed by atoms with van der Waals surface area (Å²) in [7, 11) is 3.51. The molecule has 1 amide bonds. The van der Waals surface area contributed by atoms with Gasteiger partial charge < -0.3 is 4.90 Å². The molecule has 1 fully saturated rings. The summed E-state index contributed by atoms with van der Waals surface area (Å²) in [4.78, 5) is 25.2. The number of hydrogen-bond acceptors (Lipinski definition) is 5. The molecule has 0 bridgehead atoms. The Balaban J connectivity index is 1.66. The minimum atomic E-state index is -0.0607. The van der Waals surface area contributed by atoms with Crippen LogP contribution in [0.3, 0.4) is 0 Å². The van der Waals surface area contributed by atoms with Crippen molar-refractivity contribution >= 4 is 17.2 Å². The molecule has 3 rings (SSSR count). The summed E-state index contributed by atoms with van der Waals surface area (Å²) in [5, 5.41) is 4.38. The van der Waals surface area contributed by atoms with Crippen LogP contribution in [-0.2, 0) is 13.0 Å². The summed E-state index contributed by atoms with van der Waals surface area (Å²) in [5.74, 6) is 1.20. The Bertz CT molecular complexity index is 714. The van der Waals surface area contributed by atoms with Gasteiger partial charge in [-0.3, -0.25) is 9.69 Å². The Labute approximate surface area is 153 Å². The predicted octanol–water partition coefficient (Wildman–Crippen LogP) is 3.00. The molecular weight excluding hydrogens is 332 g/mol. The van der Waals surface area contributed by atoms with Crippen molar-refractivity contribution in [3.05, 3.63) is 45.7 Å². The Morgan fingerprint density at radius 3 is 2.96 bits per heavy atom. The molecule has 1 aliphatic rings. The monoisotopic (exact) mass is 358 g/mol. The van der Waals surface area contributed by atoms with Crippen LogP contribution in [0.15, 0.2) is 22.9 Å². The number of hydrogen-bond donors (Lipinski definition) is 0. The van der Waals surface area contributed by atoms with Gasteiger partial charge in [0.05, 0.1) is 0 Å². The molecule has 1 aliphatic heterocycles. The summed E-state index contributed by atoms with van der Waals surface area (Å²) < 4.78 is 0. The second-order valence-electron chi connectivity index (χ2n) is 7.07. The van der Waals surface area contributed by atoms with Crippen molar-refractivity contribution in [2.75, 3.05) is 27.2 Å². The van der Waals surface area contributed by atoms with Crippen molar-refractivity contribution in [2.45, 2.75) is 32.7 Å². The summed E-state index contributed by atoms with van der Waals surface area (Å²) in [6, 6.07) is 4.08. The number of piperidine rings is 1. The highest BCUT2D eigenvalue weighted by molar-refractivity contribution is 7.07. The third-order valence-electron chi connectivity index (χ3n) is 4.60. The highest BCUT2D eigenvalue weighted by atomic mass is 32.1. The molecule has 0 saturated carbocycles. The lowest BCUT2D eigenvalue weighted by molar-refractivity contribution is 0.0821. The van der Waals surface area contributed by atoms with E-state index in [4.69, 9.17) is 0 Å². The SMILES string of the molecule is Cc1nc(CC2CCCN(Cc3ccsc3)C2)cc(C(=O)N(C)C)n1. The second-order valence-corrected chi connectivity index (χ2v) is 7.85. The van der Waals surface area contributed by atoms with Crippen LogP contribution in [0, 0.1) is 12.8 Å². The first-order chi connectivity index (χ1) is 12.0. The van der Waals surface area contributed by atoms with Gasteiger partial charge in [-0.2, -0.15) is 11.3 Å². The minimum Gasteiger partial charge on any atom is -0.343 e. The molecular formula is C19H26N4OS. The highest BCUT2D eigenvalue weighted by Gasteiger charge is 2.22. The van der Waals surface area contributed by atoms with Gasteiger partial charge in [-0.25, -0.2) is 9.97 Å². The van der Waals surface area contributed by atoms with E-state index in [2.05, 4.69) is 31.7 Å². The molecule has 2 aromatic rings. The van der Waals surface area contributed by atoms with E-state index < -0.39 is 0 Å². The predicted molar refractivity (Wildman–Crippen MR) is 101 cm³/mol. The molecule has 1 atom stereocenters. The van der Waals surface area contributed by atoms with Gasteiger partial charge in [0.1, 0.15) is 11.5 Å². The Hall–Kier alpha value is -1.79. The van der Waals surface area contributed by atoms with Crippen molar-refractivity contribution in [1.82, 2.24) is 19.8 Å². The number of nitrogens with zero attached hydrogens (tertiary/aromatic N) is 4. The van der Waals surface area contributed by atoms with Crippen LogP contribution in [0.4, 0.5) is 0 Å². The van der Waals surface area contributed by atoms with Gasteiger partial charge in [0.25, 0.3) is 5.91 Å².